The van der Waals surface area contributed by atoms with E-state index in [4.69, 9.17) is 0 Å². The quantitative estimate of drug-likeness (QED) is 0.780. The molecule has 1 saturated carbocycles. The first-order valence-electron chi connectivity index (χ1n) is 8.16. The average molecular weight is 290 g/mol. The number of aromatic hydroxyl groups is 2. The van der Waals surface area contributed by atoms with Crippen LogP contribution in [0.4, 0.5) is 0 Å². The van der Waals surface area contributed by atoms with Crippen molar-refractivity contribution >= 4 is 0 Å². The van der Waals surface area contributed by atoms with Crippen LogP contribution in [-0.2, 0) is 0 Å². The van der Waals surface area contributed by atoms with Gasteiger partial charge in [-0.1, -0.05) is 12.5 Å². The van der Waals surface area contributed by atoms with Crippen LogP contribution in [0, 0.1) is 0 Å². The molecule has 3 rings (SSSR count). The van der Waals surface area contributed by atoms with Crippen molar-refractivity contribution in [3.63, 3.8) is 0 Å². The Kier molecular flexibility index (Phi) is 4.36. The standard InChI is InChI=1S/C17H26N2O2/c1-12(16-8-7-15(20)10-17(16)21)19(14-5-6-14)11-13-4-2-3-9-18-13/h7-8,10,12-14,18,20-21H,2-6,9,11H2,1H3. The Bertz CT molecular complexity index is 482. The maximum atomic E-state index is 10.1. The molecule has 1 aliphatic carbocycles. The molecule has 4 heteroatoms. The van der Waals surface area contributed by atoms with Crippen LogP contribution >= 0.6 is 0 Å². The number of hydrogen-bond donors (Lipinski definition) is 3. The third kappa shape index (κ3) is 3.50. The molecule has 0 aromatic heterocycles. The van der Waals surface area contributed by atoms with Crippen molar-refractivity contribution in [3.8, 4) is 11.5 Å². The highest BCUT2D eigenvalue weighted by molar-refractivity contribution is 5.40. The van der Waals surface area contributed by atoms with Crippen molar-refractivity contribution in [3.05, 3.63) is 23.8 Å². The zero-order valence-corrected chi connectivity index (χ0v) is 12.8. The second kappa shape index (κ2) is 6.24. The smallest absolute Gasteiger partial charge is 0.124 e. The van der Waals surface area contributed by atoms with Crippen molar-refractivity contribution in [1.29, 1.82) is 0 Å². The van der Waals surface area contributed by atoms with E-state index in [1.807, 2.05) is 6.07 Å². The molecule has 3 N–H and O–H groups in total. The summed E-state index contributed by atoms with van der Waals surface area (Å²) < 4.78 is 0. The third-order valence-electron chi connectivity index (χ3n) is 4.82. The van der Waals surface area contributed by atoms with Crippen LogP contribution in [-0.4, -0.2) is 40.3 Å². The zero-order chi connectivity index (χ0) is 14.8. The molecule has 1 aromatic rings. The van der Waals surface area contributed by atoms with Crippen LogP contribution in [0.1, 0.15) is 50.6 Å². The van der Waals surface area contributed by atoms with Gasteiger partial charge in [0.25, 0.3) is 0 Å². The van der Waals surface area contributed by atoms with Crippen LogP contribution < -0.4 is 5.32 Å². The molecule has 4 nitrogen and oxygen atoms in total. The average Bonchev–Trinajstić information content (AvgIpc) is 3.30. The Hall–Kier alpha value is -1.26. The van der Waals surface area contributed by atoms with Gasteiger partial charge in [-0.3, -0.25) is 4.90 Å². The predicted molar refractivity (Wildman–Crippen MR) is 83.6 cm³/mol. The van der Waals surface area contributed by atoms with E-state index >= 15 is 0 Å². The SMILES string of the molecule is CC(c1ccc(O)cc1O)N(CC1CCCCN1)C1CC1. The van der Waals surface area contributed by atoms with Crippen LogP contribution in [0.25, 0.3) is 0 Å². The third-order valence-corrected chi connectivity index (χ3v) is 4.82. The lowest BCUT2D eigenvalue weighted by Crippen LogP contribution is -2.45. The number of benzene rings is 1. The Morgan fingerprint density at radius 2 is 2.05 bits per heavy atom. The fourth-order valence-electron chi connectivity index (χ4n) is 3.43. The Balaban J connectivity index is 1.73. The van der Waals surface area contributed by atoms with E-state index < -0.39 is 0 Å². The summed E-state index contributed by atoms with van der Waals surface area (Å²) in [6.07, 6.45) is 6.37. The maximum absolute atomic E-state index is 10.1. The summed E-state index contributed by atoms with van der Waals surface area (Å²) in [5, 5.41) is 23.2. The van der Waals surface area contributed by atoms with E-state index in [2.05, 4.69) is 17.1 Å². The van der Waals surface area contributed by atoms with Gasteiger partial charge in [0.2, 0.25) is 0 Å². The van der Waals surface area contributed by atoms with Crippen LogP contribution in [0.15, 0.2) is 18.2 Å². The van der Waals surface area contributed by atoms with E-state index in [1.165, 1.54) is 38.2 Å². The number of hydrogen-bond acceptors (Lipinski definition) is 4. The molecule has 1 saturated heterocycles. The molecule has 1 heterocycles. The predicted octanol–water partition coefficient (Wildman–Crippen LogP) is 2.77. The molecule has 2 fully saturated rings. The van der Waals surface area contributed by atoms with Crippen molar-refractivity contribution in [2.75, 3.05) is 13.1 Å². The lowest BCUT2D eigenvalue weighted by Gasteiger charge is -2.35. The normalized spacial score (nSPS) is 24.2. The maximum Gasteiger partial charge on any atom is 0.124 e. The first-order chi connectivity index (χ1) is 10.1. The molecule has 1 aromatic carbocycles. The monoisotopic (exact) mass is 290 g/mol. The highest BCUT2D eigenvalue weighted by Gasteiger charge is 2.35. The Labute approximate surface area is 126 Å². The molecule has 116 valence electrons. The first kappa shape index (κ1) is 14.7. The van der Waals surface area contributed by atoms with Gasteiger partial charge < -0.3 is 15.5 Å². The summed E-state index contributed by atoms with van der Waals surface area (Å²) in [5.41, 5.74) is 0.913. The molecule has 21 heavy (non-hydrogen) atoms. The Morgan fingerprint density at radius 3 is 2.67 bits per heavy atom. The van der Waals surface area contributed by atoms with Crippen molar-refractivity contribution < 1.29 is 10.2 Å². The second-order valence-corrected chi connectivity index (χ2v) is 6.49. The first-order valence-corrected chi connectivity index (χ1v) is 8.16. The van der Waals surface area contributed by atoms with Gasteiger partial charge in [-0.25, -0.2) is 0 Å². The topological polar surface area (TPSA) is 55.7 Å². The van der Waals surface area contributed by atoms with Crippen molar-refractivity contribution in [2.24, 2.45) is 0 Å². The van der Waals surface area contributed by atoms with Crippen LogP contribution in [0.3, 0.4) is 0 Å². The van der Waals surface area contributed by atoms with Gasteiger partial charge in [-0.15, -0.1) is 0 Å². The summed E-state index contributed by atoms with van der Waals surface area (Å²) in [6.45, 7) is 4.33. The molecule has 2 atom stereocenters. The minimum Gasteiger partial charge on any atom is -0.508 e. The Morgan fingerprint density at radius 1 is 1.24 bits per heavy atom. The van der Waals surface area contributed by atoms with Crippen LogP contribution in [0.5, 0.6) is 11.5 Å². The lowest BCUT2D eigenvalue weighted by atomic mass is 10.0. The summed E-state index contributed by atoms with van der Waals surface area (Å²) >= 11 is 0. The summed E-state index contributed by atoms with van der Waals surface area (Å²) in [7, 11) is 0. The van der Waals surface area contributed by atoms with E-state index in [-0.39, 0.29) is 17.5 Å². The molecule has 0 radical (unpaired) electrons. The fourth-order valence-corrected chi connectivity index (χ4v) is 3.43. The number of piperidine rings is 1. The molecular weight excluding hydrogens is 264 g/mol. The van der Waals surface area contributed by atoms with E-state index in [0.29, 0.717) is 12.1 Å². The fraction of sp³-hybridized carbons (Fsp3) is 0.647. The molecular formula is C17H26N2O2. The highest BCUT2D eigenvalue weighted by atomic mass is 16.3. The lowest BCUT2D eigenvalue weighted by molar-refractivity contribution is 0.164. The highest BCUT2D eigenvalue weighted by Crippen LogP contribution is 2.38. The minimum absolute atomic E-state index is 0.121. The molecule has 0 spiro atoms. The van der Waals surface area contributed by atoms with Gasteiger partial charge in [0.1, 0.15) is 11.5 Å². The molecule has 0 amide bonds. The van der Waals surface area contributed by atoms with Gasteiger partial charge in [-0.05, 0) is 45.2 Å². The van der Waals surface area contributed by atoms with Crippen molar-refractivity contribution in [2.45, 2.75) is 57.2 Å². The van der Waals surface area contributed by atoms with Gasteiger partial charge in [0, 0.05) is 36.3 Å². The van der Waals surface area contributed by atoms with Gasteiger partial charge in [0.05, 0.1) is 0 Å². The largest absolute Gasteiger partial charge is 0.508 e. The number of phenolic OH excluding ortho intramolecular Hbond substituents is 2. The molecule has 2 aliphatic rings. The molecule has 2 unspecified atom stereocenters. The summed E-state index contributed by atoms with van der Waals surface area (Å²) in [4.78, 5) is 2.52. The zero-order valence-electron chi connectivity index (χ0n) is 12.8. The van der Waals surface area contributed by atoms with Crippen molar-refractivity contribution in [1.82, 2.24) is 10.2 Å². The summed E-state index contributed by atoms with van der Waals surface area (Å²) in [6, 6.07) is 6.35. The van der Waals surface area contributed by atoms with E-state index in [0.717, 1.165) is 18.7 Å². The second-order valence-electron chi connectivity index (χ2n) is 6.49. The summed E-state index contributed by atoms with van der Waals surface area (Å²) in [5.74, 6) is 0.320. The number of nitrogens with zero attached hydrogens (tertiary/aromatic N) is 1. The van der Waals surface area contributed by atoms with Gasteiger partial charge in [-0.2, -0.15) is 0 Å². The minimum atomic E-state index is 0.121. The van der Waals surface area contributed by atoms with Gasteiger partial charge >= 0.3 is 0 Å². The van der Waals surface area contributed by atoms with Gasteiger partial charge in [0.15, 0.2) is 0 Å². The number of nitrogens with one attached hydrogen (secondary N) is 1. The van der Waals surface area contributed by atoms with E-state index in [9.17, 15) is 10.2 Å². The number of rotatable bonds is 5. The molecule has 0 bridgehead atoms. The number of phenols is 2. The molecule has 1 aliphatic heterocycles. The van der Waals surface area contributed by atoms with Crippen LogP contribution in [0.2, 0.25) is 0 Å². The van der Waals surface area contributed by atoms with E-state index in [1.54, 1.807) is 6.07 Å².